The summed E-state index contributed by atoms with van der Waals surface area (Å²) >= 11 is 5.77. The number of anilines is 1. The molecule has 3 aromatic rings. The summed E-state index contributed by atoms with van der Waals surface area (Å²) in [5.74, 6) is -1.33. The molecule has 0 bridgehead atoms. The Labute approximate surface area is 141 Å². The van der Waals surface area contributed by atoms with E-state index in [-0.39, 0.29) is 28.9 Å². The lowest BCUT2D eigenvalue weighted by Gasteiger charge is -2.11. The standard InChI is InChI=1S/C17H12ClF2N3O/c18-15-11(12(19)6-7-13(15)20)9-24-17-16(21)22-8-14(23-17)10-4-2-1-3-5-10/h1-8H,9H2,(H2,21,22). The third kappa shape index (κ3) is 3.28. The fourth-order valence-electron chi connectivity index (χ4n) is 2.08. The van der Waals surface area contributed by atoms with Crippen molar-refractivity contribution in [2.45, 2.75) is 6.61 Å². The van der Waals surface area contributed by atoms with Crippen molar-refractivity contribution in [3.05, 3.63) is 70.9 Å². The number of benzene rings is 2. The average molecular weight is 348 g/mol. The lowest BCUT2D eigenvalue weighted by atomic mass is 10.2. The third-order valence-electron chi connectivity index (χ3n) is 3.33. The second-order valence-corrected chi connectivity index (χ2v) is 5.30. The molecule has 1 aromatic heterocycles. The minimum atomic E-state index is -0.728. The Kier molecular flexibility index (Phi) is 4.57. The van der Waals surface area contributed by atoms with E-state index < -0.39 is 11.6 Å². The Hall–Kier alpha value is -2.73. The quantitative estimate of drug-likeness (QED) is 0.717. The molecule has 0 saturated carbocycles. The Morgan fingerprint density at radius 3 is 2.50 bits per heavy atom. The van der Waals surface area contributed by atoms with Crippen LogP contribution in [0.4, 0.5) is 14.6 Å². The van der Waals surface area contributed by atoms with E-state index >= 15 is 0 Å². The SMILES string of the molecule is Nc1ncc(-c2ccccc2)nc1OCc1c(F)ccc(F)c1Cl. The molecule has 0 spiro atoms. The highest BCUT2D eigenvalue weighted by atomic mass is 35.5. The van der Waals surface area contributed by atoms with Crippen molar-refractivity contribution in [2.75, 3.05) is 5.73 Å². The number of rotatable bonds is 4. The lowest BCUT2D eigenvalue weighted by molar-refractivity contribution is 0.288. The molecule has 2 aromatic carbocycles. The first kappa shape index (κ1) is 16.1. The minimum Gasteiger partial charge on any atom is -0.470 e. The molecule has 0 aliphatic rings. The fourth-order valence-corrected chi connectivity index (χ4v) is 2.29. The van der Waals surface area contributed by atoms with Gasteiger partial charge in [0.05, 0.1) is 16.9 Å². The molecule has 0 unspecified atom stereocenters. The summed E-state index contributed by atoms with van der Waals surface area (Å²) in [5, 5.41) is -0.333. The first-order valence-corrected chi connectivity index (χ1v) is 7.37. The summed E-state index contributed by atoms with van der Waals surface area (Å²) < 4.78 is 32.6. The van der Waals surface area contributed by atoms with Crippen LogP contribution in [0.15, 0.2) is 48.7 Å². The van der Waals surface area contributed by atoms with Gasteiger partial charge < -0.3 is 10.5 Å². The maximum Gasteiger partial charge on any atom is 0.258 e. The van der Waals surface area contributed by atoms with Crippen LogP contribution < -0.4 is 10.5 Å². The van der Waals surface area contributed by atoms with Crippen molar-refractivity contribution >= 4 is 17.4 Å². The van der Waals surface area contributed by atoms with Gasteiger partial charge in [-0.25, -0.2) is 18.7 Å². The summed E-state index contributed by atoms with van der Waals surface area (Å²) in [5.41, 5.74) is 7.00. The second-order valence-electron chi connectivity index (χ2n) is 4.92. The van der Waals surface area contributed by atoms with Crippen LogP contribution >= 0.6 is 11.6 Å². The van der Waals surface area contributed by atoms with E-state index in [1.165, 1.54) is 6.20 Å². The van der Waals surface area contributed by atoms with Crippen LogP contribution in [0.3, 0.4) is 0 Å². The fraction of sp³-hybridized carbons (Fsp3) is 0.0588. The average Bonchev–Trinajstić information content (AvgIpc) is 2.60. The van der Waals surface area contributed by atoms with Crippen LogP contribution in [0.1, 0.15) is 5.56 Å². The van der Waals surface area contributed by atoms with Gasteiger partial charge in [-0.3, -0.25) is 0 Å². The van der Waals surface area contributed by atoms with Crippen molar-refractivity contribution in [1.29, 1.82) is 0 Å². The van der Waals surface area contributed by atoms with Crippen molar-refractivity contribution in [3.8, 4) is 17.1 Å². The van der Waals surface area contributed by atoms with Crippen LogP contribution in [0.25, 0.3) is 11.3 Å². The predicted octanol–water partition coefficient (Wildman–Crippen LogP) is 4.24. The van der Waals surface area contributed by atoms with Gasteiger partial charge in [0.2, 0.25) is 0 Å². The zero-order valence-electron chi connectivity index (χ0n) is 12.3. The van der Waals surface area contributed by atoms with Crippen molar-refractivity contribution < 1.29 is 13.5 Å². The van der Waals surface area contributed by atoms with Gasteiger partial charge in [0.25, 0.3) is 5.88 Å². The number of nitrogens with zero attached hydrogens (tertiary/aromatic N) is 2. The first-order valence-electron chi connectivity index (χ1n) is 6.99. The molecule has 0 amide bonds. The Morgan fingerprint density at radius 1 is 1.04 bits per heavy atom. The van der Waals surface area contributed by atoms with Crippen molar-refractivity contribution in [1.82, 2.24) is 9.97 Å². The zero-order valence-corrected chi connectivity index (χ0v) is 13.1. The molecule has 4 nitrogen and oxygen atoms in total. The van der Waals surface area contributed by atoms with Gasteiger partial charge in [0.1, 0.15) is 18.2 Å². The number of ether oxygens (including phenoxy) is 1. The van der Waals surface area contributed by atoms with Gasteiger partial charge in [-0.1, -0.05) is 41.9 Å². The van der Waals surface area contributed by atoms with Gasteiger partial charge in [-0.2, -0.15) is 0 Å². The molecule has 0 fully saturated rings. The van der Waals surface area contributed by atoms with Gasteiger partial charge in [0, 0.05) is 11.1 Å². The first-order chi connectivity index (χ1) is 11.6. The van der Waals surface area contributed by atoms with Crippen molar-refractivity contribution in [3.63, 3.8) is 0 Å². The van der Waals surface area contributed by atoms with Crippen LogP contribution in [0.2, 0.25) is 5.02 Å². The van der Waals surface area contributed by atoms with Crippen LogP contribution in [0, 0.1) is 11.6 Å². The normalized spacial score (nSPS) is 10.6. The molecule has 0 atom stereocenters. The molecule has 0 radical (unpaired) electrons. The largest absolute Gasteiger partial charge is 0.470 e. The number of hydrogen-bond acceptors (Lipinski definition) is 4. The van der Waals surface area contributed by atoms with Crippen LogP contribution in [-0.4, -0.2) is 9.97 Å². The van der Waals surface area contributed by atoms with E-state index in [4.69, 9.17) is 22.1 Å². The molecular formula is C17H12ClF2N3O. The maximum atomic E-state index is 13.8. The zero-order chi connectivity index (χ0) is 17.1. The summed E-state index contributed by atoms with van der Waals surface area (Å²) in [7, 11) is 0. The second kappa shape index (κ2) is 6.80. The van der Waals surface area contributed by atoms with Crippen LogP contribution in [0.5, 0.6) is 5.88 Å². The predicted molar refractivity (Wildman–Crippen MR) is 87.6 cm³/mol. The molecule has 1 heterocycles. The Bertz CT molecular complexity index is 875. The monoisotopic (exact) mass is 347 g/mol. The topological polar surface area (TPSA) is 61.0 Å². The number of hydrogen-bond donors (Lipinski definition) is 1. The lowest BCUT2D eigenvalue weighted by Crippen LogP contribution is -2.06. The molecule has 3 rings (SSSR count). The molecule has 122 valence electrons. The van der Waals surface area contributed by atoms with Crippen molar-refractivity contribution in [2.24, 2.45) is 0 Å². The molecule has 0 saturated heterocycles. The Balaban J connectivity index is 1.87. The van der Waals surface area contributed by atoms with Gasteiger partial charge in [-0.15, -0.1) is 0 Å². The van der Waals surface area contributed by atoms with E-state index in [2.05, 4.69) is 9.97 Å². The number of nitrogen functional groups attached to an aromatic ring is 1. The van der Waals surface area contributed by atoms with Crippen LogP contribution in [-0.2, 0) is 6.61 Å². The molecule has 0 aliphatic carbocycles. The molecular weight excluding hydrogens is 336 g/mol. The van der Waals surface area contributed by atoms with E-state index in [1.807, 2.05) is 30.3 Å². The molecule has 2 N–H and O–H groups in total. The summed E-state index contributed by atoms with van der Waals surface area (Å²) in [6.45, 7) is -0.320. The maximum absolute atomic E-state index is 13.8. The Morgan fingerprint density at radius 2 is 1.75 bits per heavy atom. The third-order valence-corrected chi connectivity index (χ3v) is 3.74. The smallest absolute Gasteiger partial charge is 0.258 e. The summed E-state index contributed by atoms with van der Waals surface area (Å²) in [6.07, 6.45) is 1.51. The molecule has 24 heavy (non-hydrogen) atoms. The van der Waals surface area contributed by atoms with E-state index in [0.717, 1.165) is 17.7 Å². The highest BCUT2D eigenvalue weighted by Crippen LogP contribution is 2.27. The minimum absolute atomic E-state index is 0.0241. The number of aromatic nitrogens is 2. The van der Waals surface area contributed by atoms with Gasteiger partial charge in [0.15, 0.2) is 5.82 Å². The highest BCUT2D eigenvalue weighted by Gasteiger charge is 2.15. The van der Waals surface area contributed by atoms with E-state index in [9.17, 15) is 8.78 Å². The molecule has 0 aliphatic heterocycles. The molecule has 7 heteroatoms. The van der Waals surface area contributed by atoms with Gasteiger partial charge >= 0.3 is 0 Å². The van der Waals surface area contributed by atoms with E-state index in [0.29, 0.717) is 5.69 Å². The number of nitrogens with two attached hydrogens (primary N) is 1. The van der Waals surface area contributed by atoms with Gasteiger partial charge in [-0.05, 0) is 12.1 Å². The summed E-state index contributed by atoms with van der Waals surface area (Å²) in [6, 6.07) is 11.2. The summed E-state index contributed by atoms with van der Waals surface area (Å²) in [4.78, 5) is 8.29. The highest BCUT2D eigenvalue weighted by molar-refractivity contribution is 6.31. The van der Waals surface area contributed by atoms with E-state index in [1.54, 1.807) is 0 Å². The number of halogens is 3.